The average Bonchev–Trinajstić information content (AvgIpc) is 1.64. The maximum Gasteiger partial charge on any atom is 0.256 e. The molecule has 28 heteroatoms. The number of likely N-dealkylation sites (tertiary alicyclic amines) is 1. The SMILES string of the molecule is CC1CCc2c(N)c(N3CCC([N+](C)(C)C)C3)nn2C1C.CC1CCc2c(N)c(N3CCC([N+](C)(C)CCO)C3)nn2C1C.CC1CCc2c(N)c(N3CC[N+](C)(CCO)CC3)nn2C1C.CC1CCc2c(N)c(NCCC[N+](C)(C)C)nn2C1C.CC1CCc2c(N)c(OCCN3CCC([N+](C)(C)C)C3)nn2C1C. The number of nitrogens with two attached hydrogens (primary N) is 5. The lowest BCUT2D eigenvalue weighted by molar-refractivity contribution is -0.912. The number of likely N-dealkylation sites (N-methyl/N-ethyl adjacent to an activating group) is 4. The van der Waals surface area contributed by atoms with Gasteiger partial charge in [-0.3, -0.25) is 28.3 Å². The summed E-state index contributed by atoms with van der Waals surface area (Å²) in [5, 5.41) is 45.9. The molecule has 0 aromatic carbocycles. The number of rotatable bonds is 19. The van der Waals surface area contributed by atoms with Gasteiger partial charge in [0.15, 0.2) is 23.3 Å². The molecular weight excluding hydrogens is 1380 g/mol. The quantitative estimate of drug-likeness (QED) is 0.0288. The van der Waals surface area contributed by atoms with Crippen molar-refractivity contribution in [2.24, 2.45) is 29.6 Å². The van der Waals surface area contributed by atoms with Gasteiger partial charge in [0.05, 0.1) is 232 Å². The van der Waals surface area contributed by atoms with E-state index in [9.17, 15) is 10.2 Å². The van der Waals surface area contributed by atoms with Gasteiger partial charge in [-0.2, -0.15) is 20.4 Å². The van der Waals surface area contributed by atoms with E-state index in [1.54, 1.807) is 0 Å². The van der Waals surface area contributed by atoms with Gasteiger partial charge in [0.2, 0.25) is 0 Å². The Kier molecular flexibility index (Phi) is 27.6. The zero-order valence-corrected chi connectivity index (χ0v) is 72.8. The zero-order valence-electron chi connectivity index (χ0n) is 72.8. The Bertz CT molecular complexity index is 3780. The smallest absolute Gasteiger partial charge is 0.256 e. The van der Waals surface area contributed by atoms with E-state index in [2.05, 4.69) is 207 Å². The molecule has 13 unspecified atom stereocenters. The number of anilines is 9. The van der Waals surface area contributed by atoms with Crippen LogP contribution in [-0.2, 0) is 32.1 Å². The molecule has 0 saturated carbocycles. The van der Waals surface area contributed by atoms with Crippen LogP contribution in [0.2, 0.25) is 0 Å². The van der Waals surface area contributed by atoms with Crippen molar-refractivity contribution in [3.63, 3.8) is 0 Å². The lowest BCUT2D eigenvalue weighted by atomic mass is 9.93. The second kappa shape index (κ2) is 35.2. The number of aromatic nitrogens is 10. The topological polar surface area (TPSA) is 294 Å². The fraction of sp³-hybridized carbons (Fsp3) is 0.817. The first-order valence-electron chi connectivity index (χ1n) is 42.6. The summed E-state index contributed by atoms with van der Waals surface area (Å²) in [6, 6.07) is 4.07. The highest BCUT2D eigenvalue weighted by Crippen LogP contribution is 2.43. The largest absolute Gasteiger partial charge is 0.474 e. The Labute approximate surface area is 662 Å². The van der Waals surface area contributed by atoms with Crippen molar-refractivity contribution in [1.82, 2.24) is 53.8 Å². The third-order valence-corrected chi connectivity index (χ3v) is 28.1. The Balaban J connectivity index is 0.000000146. The monoisotopic (exact) mass is 1540 g/mol. The standard InChI is InChI=1S/C18H34N5O.C17H32N5O.C16H30N5O.C16H30N5.C15H30N5/c1-13-6-7-16-17(19)18(20-22(16)14(13)2)24-11-10-21-9-8-15(12-21)23(3,4)5;1-12-5-6-15-16(18)17(19-21(15)13(12)2)20-8-7-14(11-20)22(3,4)9-10-23;1-12-4-5-14-15(17)16(18-20(14)13(12)2)19-6-8-21(3,9-7-19)10-11-22;1-11-6-7-14-15(17)16(18-20(14)12(11)2)19-9-8-13(10-19)21(3,4)5;1-11-7-8-13-14(16)15(18-19(13)12(11)2)17-9-6-10-20(3,4)5/h13-15H,6-12,19H2,1-5H3;12-14,23H,5-11,18H2,1-4H3;12-13,22H,4-11,17H2,1-3H3;11-13H,6-10,17H2,1-5H3;11-12H,6-10,16H2,1-5H3,(H,17,18)/q5*+1. The molecule has 0 spiro atoms. The molecule has 110 heavy (non-hydrogen) atoms. The predicted molar refractivity (Wildman–Crippen MR) is 452 cm³/mol. The van der Waals surface area contributed by atoms with Crippen molar-refractivity contribution in [3.05, 3.63) is 28.5 Å². The molecule has 14 rings (SSSR count). The lowest BCUT2D eigenvalue weighted by Crippen LogP contribution is -2.58. The average molecular weight is 1540 g/mol. The number of hydrogen-bond acceptors (Lipinski definition) is 18. The van der Waals surface area contributed by atoms with Crippen LogP contribution in [0.4, 0.5) is 51.7 Å². The fourth-order valence-electron chi connectivity index (χ4n) is 18.3. The Morgan fingerprint density at radius 1 is 0.436 bits per heavy atom. The molecule has 28 nitrogen and oxygen atoms in total. The molecule has 622 valence electrons. The van der Waals surface area contributed by atoms with E-state index in [0.29, 0.717) is 84.4 Å². The summed E-state index contributed by atoms with van der Waals surface area (Å²) in [7, 11) is 26.9. The fourth-order valence-corrected chi connectivity index (χ4v) is 18.3. The first-order valence-corrected chi connectivity index (χ1v) is 42.6. The Hall–Kier alpha value is -6.27. The third kappa shape index (κ3) is 19.6. The van der Waals surface area contributed by atoms with Gasteiger partial charge in [0.1, 0.15) is 43.5 Å². The van der Waals surface area contributed by atoms with Gasteiger partial charge in [-0.25, -0.2) is 0 Å². The molecular formula is C82H156N25O3+5. The van der Waals surface area contributed by atoms with Gasteiger partial charge in [-0.05, 0) is 128 Å². The highest BCUT2D eigenvalue weighted by atomic mass is 16.5. The summed E-state index contributed by atoms with van der Waals surface area (Å²) >= 11 is 0. The van der Waals surface area contributed by atoms with Gasteiger partial charge in [-0.1, -0.05) is 34.6 Å². The number of piperazine rings is 1. The van der Waals surface area contributed by atoms with Crippen molar-refractivity contribution < 1.29 is 37.4 Å². The van der Waals surface area contributed by atoms with Gasteiger partial charge in [0.25, 0.3) is 5.88 Å². The highest BCUT2D eigenvalue weighted by molar-refractivity contribution is 5.69. The maximum atomic E-state index is 9.29. The van der Waals surface area contributed by atoms with Crippen molar-refractivity contribution in [1.29, 1.82) is 0 Å². The minimum Gasteiger partial charge on any atom is -0.474 e. The second-order valence-electron chi connectivity index (χ2n) is 39.1. The number of fused-ring (bicyclic) bond motifs is 5. The van der Waals surface area contributed by atoms with Crippen molar-refractivity contribution in [2.75, 3.05) is 251 Å². The Morgan fingerprint density at radius 3 is 1.23 bits per heavy atom. The molecule has 0 radical (unpaired) electrons. The predicted octanol–water partition coefficient (Wildman–Crippen LogP) is 7.90. The number of aliphatic hydroxyl groups excluding tert-OH is 2. The van der Waals surface area contributed by atoms with Crippen LogP contribution in [0.1, 0.15) is 186 Å². The highest BCUT2D eigenvalue weighted by Gasteiger charge is 2.42. The maximum absolute atomic E-state index is 9.29. The van der Waals surface area contributed by atoms with Crippen LogP contribution < -0.4 is 53.4 Å². The minimum atomic E-state index is 0.236. The van der Waals surface area contributed by atoms with E-state index in [1.165, 1.54) is 67.7 Å². The molecule has 14 heterocycles. The van der Waals surface area contributed by atoms with Crippen LogP contribution in [0.3, 0.4) is 0 Å². The molecule has 5 aromatic rings. The van der Waals surface area contributed by atoms with Crippen LogP contribution in [0.5, 0.6) is 5.88 Å². The molecule has 13 atom stereocenters. The number of nitrogens with one attached hydrogen (secondary N) is 1. The van der Waals surface area contributed by atoms with Crippen LogP contribution in [0, 0.1) is 29.6 Å². The Morgan fingerprint density at radius 2 is 0.818 bits per heavy atom. The molecule has 5 aromatic heterocycles. The number of hydrogen-bond donors (Lipinski definition) is 8. The van der Waals surface area contributed by atoms with E-state index >= 15 is 0 Å². The summed E-state index contributed by atoms with van der Waals surface area (Å²) in [5.41, 5.74) is 42.2. The van der Waals surface area contributed by atoms with E-state index in [1.807, 2.05) is 0 Å². The van der Waals surface area contributed by atoms with Gasteiger partial charge in [-0.15, -0.1) is 5.10 Å². The lowest BCUT2D eigenvalue weighted by Gasteiger charge is -2.41. The summed E-state index contributed by atoms with van der Waals surface area (Å²) in [6.07, 6.45) is 15.9. The van der Waals surface area contributed by atoms with Gasteiger partial charge < -0.3 is 86.0 Å². The van der Waals surface area contributed by atoms with Crippen molar-refractivity contribution in [3.8, 4) is 5.88 Å². The van der Waals surface area contributed by atoms with Crippen LogP contribution in [0.25, 0.3) is 0 Å². The van der Waals surface area contributed by atoms with E-state index in [-0.39, 0.29) is 13.2 Å². The molecule has 13 N–H and O–H groups in total. The number of ether oxygens (including phenoxy) is 1. The van der Waals surface area contributed by atoms with E-state index in [4.69, 9.17) is 53.8 Å². The third-order valence-electron chi connectivity index (χ3n) is 28.1. The zero-order chi connectivity index (χ0) is 80.4. The normalized spacial score (nSPS) is 27.4. The second-order valence-corrected chi connectivity index (χ2v) is 39.1. The number of nitrogen functional groups attached to an aromatic ring is 5. The van der Waals surface area contributed by atoms with E-state index in [0.717, 1.165) is 229 Å². The summed E-state index contributed by atoms with van der Waals surface area (Å²) in [6.45, 7) is 38.9. The molecule has 0 amide bonds. The minimum absolute atomic E-state index is 0.236. The molecule has 4 saturated heterocycles. The number of aliphatic hydroxyl groups is 2. The van der Waals surface area contributed by atoms with Crippen LogP contribution in [0.15, 0.2) is 0 Å². The summed E-state index contributed by atoms with van der Waals surface area (Å²) in [4.78, 5) is 9.56. The molecule has 4 fully saturated rings. The molecule has 9 aliphatic heterocycles. The number of nitrogens with zero attached hydrogens (tertiary/aromatic N) is 19. The van der Waals surface area contributed by atoms with E-state index < -0.39 is 0 Å². The summed E-state index contributed by atoms with van der Waals surface area (Å²) in [5.74, 6) is 7.81. The molecule has 0 bridgehead atoms. The van der Waals surface area contributed by atoms with Crippen LogP contribution in [-0.4, -0.2) is 307 Å². The number of quaternary nitrogens is 5. The first kappa shape index (κ1) is 86.1. The molecule has 9 aliphatic rings. The van der Waals surface area contributed by atoms with Gasteiger partial charge >= 0.3 is 0 Å². The summed E-state index contributed by atoms with van der Waals surface area (Å²) < 4.78 is 21.5. The molecule has 0 aliphatic carbocycles. The van der Waals surface area contributed by atoms with Crippen molar-refractivity contribution >= 4 is 51.7 Å². The van der Waals surface area contributed by atoms with Gasteiger partial charge in [0, 0.05) is 58.4 Å². The van der Waals surface area contributed by atoms with Crippen molar-refractivity contribution in [2.45, 2.75) is 207 Å². The first-order chi connectivity index (χ1) is 51.6. The van der Waals surface area contributed by atoms with Crippen LogP contribution >= 0.6 is 0 Å².